The molecule has 0 saturated heterocycles. The molecule has 0 fully saturated rings. The molecule has 2 N–H and O–H groups in total. The highest BCUT2D eigenvalue weighted by Gasteiger charge is 2.33. The predicted molar refractivity (Wildman–Crippen MR) is 74.6 cm³/mol. The average molecular weight is 350 g/mol. The summed E-state index contributed by atoms with van der Waals surface area (Å²) in [6.45, 7) is 1.01. The van der Waals surface area contributed by atoms with Gasteiger partial charge in [-0.25, -0.2) is 4.79 Å². The molecule has 8 nitrogen and oxygen atoms in total. The maximum atomic E-state index is 12.3. The van der Waals surface area contributed by atoms with Crippen LogP contribution in [-0.2, 0) is 27.0 Å². The third-order valence-electron chi connectivity index (χ3n) is 2.66. The highest BCUT2D eigenvalue weighted by atomic mass is 19.4. The van der Waals surface area contributed by atoms with Gasteiger partial charge in [-0.15, -0.1) is 0 Å². The lowest BCUT2D eigenvalue weighted by molar-refractivity contribution is -0.149. The molecule has 0 aliphatic heterocycles. The lowest BCUT2D eigenvalue weighted by atomic mass is 10.3. The number of imide groups is 1. The summed E-state index contributed by atoms with van der Waals surface area (Å²) in [6.07, 6.45) is -2.03. The molecule has 1 aromatic heterocycles. The number of urea groups is 1. The first-order chi connectivity index (χ1) is 11.2. The van der Waals surface area contributed by atoms with Crippen LogP contribution in [0.4, 0.5) is 18.0 Å². The summed E-state index contributed by atoms with van der Waals surface area (Å²) in [5.74, 6) is -1.82. The van der Waals surface area contributed by atoms with Crippen molar-refractivity contribution in [1.29, 1.82) is 0 Å². The maximum Gasteiger partial charge on any atom is 0.435 e. The van der Waals surface area contributed by atoms with Crippen molar-refractivity contribution in [2.75, 3.05) is 13.2 Å². The number of nitrogens with zero attached hydrogens (tertiary/aromatic N) is 2. The van der Waals surface area contributed by atoms with E-state index in [0.717, 1.165) is 23.7 Å². The van der Waals surface area contributed by atoms with E-state index in [2.05, 4.69) is 15.2 Å². The Morgan fingerprint density at radius 1 is 1.33 bits per heavy atom. The Morgan fingerprint density at radius 3 is 2.62 bits per heavy atom. The summed E-state index contributed by atoms with van der Waals surface area (Å²) >= 11 is 0. The molecule has 0 spiro atoms. The fourth-order valence-electron chi connectivity index (χ4n) is 1.51. The quantitative estimate of drug-likeness (QED) is 0.566. The van der Waals surface area contributed by atoms with Gasteiger partial charge in [0.1, 0.15) is 6.54 Å². The van der Waals surface area contributed by atoms with Crippen molar-refractivity contribution >= 4 is 17.9 Å². The number of alkyl halides is 3. The second kappa shape index (κ2) is 8.89. The normalized spacial score (nSPS) is 11.0. The molecular formula is C13H17F3N4O4. The summed E-state index contributed by atoms with van der Waals surface area (Å²) in [4.78, 5) is 34.0. The van der Waals surface area contributed by atoms with Gasteiger partial charge >= 0.3 is 18.2 Å². The van der Waals surface area contributed by atoms with Crippen molar-refractivity contribution in [3.8, 4) is 0 Å². The monoisotopic (exact) mass is 350 g/mol. The van der Waals surface area contributed by atoms with E-state index >= 15 is 0 Å². The van der Waals surface area contributed by atoms with Crippen molar-refractivity contribution in [2.45, 2.75) is 32.5 Å². The van der Waals surface area contributed by atoms with Crippen molar-refractivity contribution in [3.63, 3.8) is 0 Å². The maximum absolute atomic E-state index is 12.3. The van der Waals surface area contributed by atoms with Crippen LogP contribution < -0.4 is 10.6 Å². The second-order valence-corrected chi connectivity index (χ2v) is 4.71. The van der Waals surface area contributed by atoms with Crippen LogP contribution in [0.1, 0.15) is 25.5 Å². The molecule has 0 aromatic carbocycles. The number of amides is 3. The molecule has 0 saturated carbocycles. The lowest BCUT2D eigenvalue weighted by Gasteiger charge is -2.07. The number of rotatable bonds is 7. The minimum Gasteiger partial charge on any atom is -0.454 e. The van der Waals surface area contributed by atoms with E-state index in [1.807, 2.05) is 12.2 Å². The fraction of sp³-hybridized carbons (Fsp3) is 0.538. The number of carbonyl (C=O) groups is 3. The van der Waals surface area contributed by atoms with Gasteiger partial charge in [-0.1, -0.05) is 13.3 Å². The Balaban J connectivity index is 2.32. The van der Waals surface area contributed by atoms with Crippen molar-refractivity contribution in [2.24, 2.45) is 0 Å². The summed E-state index contributed by atoms with van der Waals surface area (Å²) in [5.41, 5.74) is -1.14. The van der Waals surface area contributed by atoms with Gasteiger partial charge in [0.2, 0.25) is 0 Å². The molecular weight excluding hydrogens is 333 g/mol. The molecule has 3 amide bonds. The molecule has 0 unspecified atom stereocenters. The van der Waals surface area contributed by atoms with Crippen LogP contribution in [-0.4, -0.2) is 40.8 Å². The minimum atomic E-state index is -4.61. The molecule has 0 aliphatic carbocycles. The summed E-state index contributed by atoms with van der Waals surface area (Å²) < 4.78 is 42.3. The average Bonchev–Trinajstić information content (AvgIpc) is 2.94. The first-order valence-electron chi connectivity index (χ1n) is 7.06. The van der Waals surface area contributed by atoms with Gasteiger partial charge in [-0.05, 0) is 12.5 Å². The predicted octanol–water partition coefficient (Wildman–Crippen LogP) is 1.07. The van der Waals surface area contributed by atoms with Crippen LogP contribution in [0.15, 0.2) is 12.3 Å². The van der Waals surface area contributed by atoms with E-state index in [1.165, 1.54) is 0 Å². The van der Waals surface area contributed by atoms with Crippen LogP contribution in [0.3, 0.4) is 0 Å². The molecule has 1 aromatic rings. The summed E-state index contributed by atoms with van der Waals surface area (Å²) in [7, 11) is 0. The van der Waals surface area contributed by atoms with Gasteiger partial charge in [0.15, 0.2) is 12.3 Å². The zero-order chi connectivity index (χ0) is 18.2. The molecule has 0 radical (unpaired) electrons. The fourth-order valence-corrected chi connectivity index (χ4v) is 1.51. The van der Waals surface area contributed by atoms with Gasteiger partial charge in [-0.2, -0.15) is 18.3 Å². The first-order valence-corrected chi connectivity index (χ1v) is 7.06. The SMILES string of the molecule is CCCCNC(=O)NC(=O)COC(=O)Cn1ccc(C(F)(F)F)n1. The standard InChI is InChI=1S/C13H17F3N4O4/c1-2-3-5-17-12(23)18-10(21)8-24-11(22)7-20-6-4-9(19-20)13(14,15)16/h4,6H,2-3,5,7-8H2,1H3,(H2,17,18,21,23). The Hall–Kier alpha value is -2.59. The molecule has 1 heterocycles. The molecule has 11 heteroatoms. The van der Waals surface area contributed by atoms with Gasteiger partial charge in [0, 0.05) is 12.7 Å². The number of carbonyl (C=O) groups excluding carboxylic acids is 3. The molecule has 0 atom stereocenters. The van der Waals surface area contributed by atoms with Crippen molar-refractivity contribution in [1.82, 2.24) is 20.4 Å². The second-order valence-electron chi connectivity index (χ2n) is 4.71. The van der Waals surface area contributed by atoms with Gasteiger partial charge in [-0.3, -0.25) is 19.6 Å². The zero-order valence-electron chi connectivity index (χ0n) is 12.9. The van der Waals surface area contributed by atoms with E-state index in [-0.39, 0.29) is 0 Å². The van der Waals surface area contributed by atoms with Crippen molar-refractivity contribution in [3.05, 3.63) is 18.0 Å². The Morgan fingerprint density at radius 2 is 2.04 bits per heavy atom. The van der Waals surface area contributed by atoms with Gasteiger partial charge in [0.05, 0.1) is 0 Å². The number of unbranched alkanes of at least 4 members (excludes halogenated alkanes) is 1. The van der Waals surface area contributed by atoms with E-state index in [9.17, 15) is 27.6 Å². The van der Waals surface area contributed by atoms with Gasteiger partial charge < -0.3 is 10.1 Å². The largest absolute Gasteiger partial charge is 0.454 e. The van der Waals surface area contributed by atoms with E-state index < -0.39 is 42.9 Å². The Labute approximate surface area is 135 Å². The van der Waals surface area contributed by atoms with Crippen LogP contribution in [0.25, 0.3) is 0 Å². The number of aromatic nitrogens is 2. The summed E-state index contributed by atoms with van der Waals surface area (Å²) in [6, 6.07) is -0.00735. The zero-order valence-corrected chi connectivity index (χ0v) is 12.9. The number of halogens is 3. The van der Waals surface area contributed by atoms with Crippen LogP contribution in [0.5, 0.6) is 0 Å². The Bertz CT molecular complexity index is 586. The Kier molecular flexibility index (Phi) is 7.21. The first kappa shape index (κ1) is 19.5. The number of hydrogen-bond donors (Lipinski definition) is 2. The smallest absolute Gasteiger partial charge is 0.435 e. The third kappa shape index (κ3) is 7.11. The highest BCUT2D eigenvalue weighted by Crippen LogP contribution is 2.27. The molecule has 24 heavy (non-hydrogen) atoms. The van der Waals surface area contributed by atoms with Crippen LogP contribution >= 0.6 is 0 Å². The number of ether oxygens (including phenoxy) is 1. The number of esters is 1. The van der Waals surface area contributed by atoms with Gasteiger partial charge in [0.25, 0.3) is 5.91 Å². The summed E-state index contributed by atoms with van der Waals surface area (Å²) in [5, 5.41) is 7.54. The number of nitrogens with one attached hydrogen (secondary N) is 2. The van der Waals surface area contributed by atoms with E-state index in [4.69, 9.17) is 0 Å². The minimum absolute atomic E-state index is 0.399. The topological polar surface area (TPSA) is 102 Å². The molecule has 0 aliphatic rings. The third-order valence-corrected chi connectivity index (χ3v) is 2.66. The lowest BCUT2D eigenvalue weighted by Crippen LogP contribution is -2.41. The highest BCUT2D eigenvalue weighted by molar-refractivity contribution is 5.95. The van der Waals surface area contributed by atoms with Crippen molar-refractivity contribution < 1.29 is 32.3 Å². The number of hydrogen-bond acceptors (Lipinski definition) is 5. The van der Waals surface area contributed by atoms with E-state index in [0.29, 0.717) is 12.6 Å². The molecule has 134 valence electrons. The van der Waals surface area contributed by atoms with Crippen LogP contribution in [0, 0.1) is 0 Å². The molecule has 1 rings (SSSR count). The van der Waals surface area contributed by atoms with Crippen LogP contribution in [0.2, 0.25) is 0 Å². The molecule has 0 bridgehead atoms. The van der Waals surface area contributed by atoms with E-state index in [1.54, 1.807) is 0 Å².